The van der Waals surface area contributed by atoms with Gasteiger partial charge in [-0.05, 0) is 36.2 Å². The quantitative estimate of drug-likeness (QED) is 0.620. The average Bonchev–Trinajstić information content (AvgIpc) is 2.89. The molecule has 0 fully saturated rings. The smallest absolute Gasteiger partial charge is 0.325 e. The van der Waals surface area contributed by atoms with E-state index in [4.69, 9.17) is 0 Å². The summed E-state index contributed by atoms with van der Waals surface area (Å²) in [4.78, 5) is 24.8. The first kappa shape index (κ1) is 21.8. The summed E-state index contributed by atoms with van der Waals surface area (Å²) in [6.07, 6.45) is 1.06. The molecular weight excluding hydrogens is 409 g/mol. The van der Waals surface area contributed by atoms with Crippen LogP contribution >= 0.6 is 0 Å². The van der Waals surface area contributed by atoms with Crippen LogP contribution in [-0.2, 0) is 35.1 Å². The lowest BCUT2D eigenvalue weighted by molar-refractivity contribution is -0.115. The molecule has 3 rings (SSSR count). The zero-order valence-corrected chi connectivity index (χ0v) is 17.9. The van der Waals surface area contributed by atoms with Crippen molar-refractivity contribution in [2.45, 2.75) is 31.1 Å². The molecule has 2 aromatic carbocycles. The van der Waals surface area contributed by atoms with Crippen LogP contribution in [0.1, 0.15) is 25.3 Å². The van der Waals surface area contributed by atoms with E-state index in [0.29, 0.717) is 29.4 Å². The van der Waals surface area contributed by atoms with E-state index in [1.807, 2.05) is 6.92 Å². The first-order chi connectivity index (χ1) is 14.1. The Morgan fingerprint density at radius 1 is 1.10 bits per heavy atom. The number of aryl methyl sites for hydroxylation is 2. The van der Waals surface area contributed by atoms with E-state index in [9.17, 15) is 22.4 Å². The number of aromatic nitrogens is 2. The minimum absolute atomic E-state index is 0.0303. The minimum Gasteiger partial charge on any atom is -0.325 e. The number of nitrogens with one attached hydrogen (secondary N) is 1. The summed E-state index contributed by atoms with van der Waals surface area (Å²) in [5, 5.41) is 2.64. The van der Waals surface area contributed by atoms with Gasteiger partial charge < -0.3 is 5.32 Å². The molecular formula is C21H24FN3O4S. The van der Waals surface area contributed by atoms with Crippen molar-refractivity contribution < 1.29 is 17.6 Å². The standard InChI is InChI=1S/C21H24FN3O4S/c1-4-5-9-30(28,29)19-13-18-17(24(2)21(27)25(18)3)12-16(19)23-20(26)11-14-7-6-8-15(22)10-14/h6-8,10,12-13H,4-5,9,11H2,1-3H3,(H,23,26). The Morgan fingerprint density at radius 3 is 2.40 bits per heavy atom. The van der Waals surface area contributed by atoms with E-state index >= 15 is 0 Å². The molecule has 0 bridgehead atoms. The summed E-state index contributed by atoms with van der Waals surface area (Å²) in [7, 11) is -0.547. The second-order valence-corrected chi connectivity index (χ2v) is 9.34. The number of sulfone groups is 1. The van der Waals surface area contributed by atoms with Crippen molar-refractivity contribution in [2.24, 2.45) is 14.1 Å². The second-order valence-electron chi connectivity index (χ2n) is 7.26. The van der Waals surface area contributed by atoms with E-state index in [1.165, 1.54) is 39.5 Å². The normalized spacial score (nSPS) is 11.7. The third-order valence-corrected chi connectivity index (χ3v) is 6.84. The molecule has 0 aliphatic rings. The van der Waals surface area contributed by atoms with Crippen LogP contribution in [0.4, 0.5) is 10.1 Å². The maximum Gasteiger partial charge on any atom is 0.328 e. The van der Waals surface area contributed by atoms with Crippen molar-refractivity contribution in [3.05, 3.63) is 58.3 Å². The Bertz CT molecular complexity index is 1280. The highest BCUT2D eigenvalue weighted by Gasteiger charge is 2.23. The molecule has 0 aliphatic heterocycles. The fourth-order valence-electron chi connectivity index (χ4n) is 3.35. The van der Waals surface area contributed by atoms with E-state index in [0.717, 1.165) is 0 Å². The Labute approximate surface area is 174 Å². The van der Waals surface area contributed by atoms with Crippen molar-refractivity contribution in [1.29, 1.82) is 0 Å². The summed E-state index contributed by atoms with van der Waals surface area (Å²) >= 11 is 0. The molecule has 30 heavy (non-hydrogen) atoms. The molecule has 7 nitrogen and oxygen atoms in total. The lowest BCUT2D eigenvalue weighted by Crippen LogP contribution is -2.19. The van der Waals surface area contributed by atoms with Crippen molar-refractivity contribution in [1.82, 2.24) is 9.13 Å². The number of nitrogens with zero attached hydrogens (tertiary/aromatic N) is 2. The zero-order chi connectivity index (χ0) is 22.1. The lowest BCUT2D eigenvalue weighted by Gasteiger charge is -2.13. The number of hydrogen-bond acceptors (Lipinski definition) is 4. The van der Waals surface area contributed by atoms with Gasteiger partial charge in [0, 0.05) is 14.1 Å². The van der Waals surface area contributed by atoms with Crippen LogP contribution in [0, 0.1) is 5.82 Å². The molecule has 1 amide bonds. The second kappa shape index (κ2) is 8.43. The molecule has 1 aromatic heterocycles. The van der Waals surface area contributed by atoms with Gasteiger partial charge in [0.1, 0.15) is 5.82 Å². The number of rotatable bonds is 7. The molecule has 0 radical (unpaired) electrons. The van der Waals surface area contributed by atoms with Crippen LogP contribution in [0.15, 0.2) is 46.1 Å². The molecule has 1 N–H and O–H groups in total. The van der Waals surface area contributed by atoms with Crippen LogP contribution < -0.4 is 11.0 Å². The zero-order valence-electron chi connectivity index (χ0n) is 17.1. The molecule has 0 saturated carbocycles. The highest BCUT2D eigenvalue weighted by molar-refractivity contribution is 7.91. The average molecular weight is 434 g/mol. The Hall–Kier alpha value is -2.94. The van der Waals surface area contributed by atoms with E-state index in [1.54, 1.807) is 20.2 Å². The maximum atomic E-state index is 13.4. The van der Waals surface area contributed by atoms with Gasteiger partial charge in [0.15, 0.2) is 9.84 Å². The van der Waals surface area contributed by atoms with Gasteiger partial charge in [0.25, 0.3) is 0 Å². The number of anilines is 1. The highest BCUT2D eigenvalue weighted by atomic mass is 32.2. The van der Waals surface area contributed by atoms with E-state index in [2.05, 4.69) is 5.32 Å². The predicted octanol–water partition coefficient (Wildman–Crippen LogP) is 2.77. The molecule has 160 valence electrons. The van der Waals surface area contributed by atoms with Gasteiger partial charge in [-0.25, -0.2) is 17.6 Å². The largest absolute Gasteiger partial charge is 0.328 e. The van der Waals surface area contributed by atoms with Gasteiger partial charge >= 0.3 is 5.69 Å². The molecule has 0 atom stereocenters. The Balaban J connectivity index is 2.06. The number of carbonyl (C=O) groups is 1. The molecule has 0 aliphatic carbocycles. The molecule has 3 aromatic rings. The molecule has 1 heterocycles. The fraction of sp³-hybridized carbons (Fsp3) is 0.333. The number of carbonyl (C=O) groups excluding carboxylic acids is 1. The monoisotopic (exact) mass is 433 g/mol. The first-order valence-electron chi connectivity index (χ1n) is 9.60. The fourth-order valence-corrected chi connectivity index (χ4v) is 4.98. The molecule has 0 saturated heterocycles. The van der Waals surface area contributed by atoms with Gasteiger partial charge in [0.05, 0.1) is 33.8 Å². The predicted molar refractivity (Wildman–Crippen MR) is 114 cm³/mol. The van der Waals surface area contributed by atoms with Crippen molar-refractivity contribution in [2.75, 3.05) is 11.1 Å². The number of amides is 1. The van der Waals surface area contributed by atoms with Crippen molar-refractivity contribution >= 4 is 32.5 Å². The van der Waals surface area contributed by atoms with Crippen LogP contribution in [0.25, 0.3) is 11.0 Å². The van der Waals surface area contributed by atoms with Crippen LogP contribution in [-0.4, -0.2) is 29.2 Å². The Morgan fingerprint density at radius 2 is 1.77 bits per heavy atom. The minimum atomic E-state index is -3.69. The summed E-state index contributed by atoms with van der Waals surface area (Å²) in [6, 6.07) is 8.58. The van der Waals surface area contributed by atoms with E-state index < -0.39 is 21.6 Å². The third-order valence-electron chi connectivity index (χ3n) is 5.00. The molecule has 0 spiro atoms. The SMILES string of the molecule is CCCCS(=O)(=O)c1cc2c(cc1NC(=O)Cc1cccc(F)c1)n(C)c(=O)n2C. The number of unbranched alkanes of at least 4 members (excludes halogenated alkanes) is 1. The molecule has 9 heteroatoms. The Kier molecular flexibility index (Phi) is 6.12. The van der Waals surface area contributed by atoms with Gasteiger partial charge in [-0.3, -0.25) is 13.9 Å². The summed E-state index contributed by atoms with van der Waals surface area (Å²) in [5.74, 6) is -1.00. The lowest BCUT2D eigenvalue weighted by atomic mass is 10.1. The van der Waals surface area contributed by atoms with Crippen LogP contribution in [0.2, 0.25) is 0 Å². The number of fused-ring (bicyclic) bond motifs is 1. The van der Waals surface area contributed by atoms with Gasteiger partial charge in [-0.2, -0.15) is 0 Å². The van der Waals surface area contributed by atoms with Gasteiger partial charge in [0.2, 0.25) is 5.91 Å². The third kappa shape index (κ3) is 4.30. The van der Waals surface area contributed by atoms with Crippen LogP contribution in [0.3, 0.4) is 0 Å². The number of hydrogen-bond donors (Lipinski definition) is 1. The highest BCUT2D eigenvalue weighted by Crippen LogP contribution is 2.29. The van der Waals surface area contributed by atoms with Gasteiger partial charge in [-0.15, -0.1) is 0 Å². The number of halogens is 1. The first-order valence-corrected chi connectivity index (χ1v) is 11.3. The topological polar surface area (TPSA) is 90.2 Å². The maximum absolute atomic E-state index is 13.4. The summed E-state index contributed by atoms with van der Waals surface area (Å²) < 4.78 is 42.0. The van der Waals surface area contributed by atoms with Gasteiger partial charge in [-0.1, -0.05) is 25.5 Å². The summed E-state index contributed by atoms with van der Waals surface area (Å²) in [5.41, 5.74) is 1.24. The van der Waals surface area contributed by atoms with E-state index in [-0.39, 0.29) is 28.4 Å². The van der Waals surface area contributed by atoms with Crippen molar-refractivity contribution in [3.8, 4) is 0 Å². The number of imidazole rings is 1. The van der Waals surface area contributed by atoms with Crippen molar-refractivity contribution in [3.63, 3.8) is 0 Å². The molecule has 0 unspecified atom stereocenters. The summed E-state index contributed by atoms with van der Waals surface area (Å²) in [6.45, 7) is 1.89. The number of benzene rings is 2. The van der Waals surface area contributed by atoms with Crippen LogP contribution in [0.5, 0.6) is 0 Å².